The Kier molecular flexibility index (Phi) is 5.13. The second-order valence-electron chi connectivity index (χ2n) is 4.15. The van der Waals surface area contributed by atoms with Crippen molar-refractivity contribution in [2.45, 2.75) is 33.1 Å². The molecule has 0 aliphatic heterocycles. The number of carbonyl (C=O) groups is 1. The Morgan fingerprint density at radius 3 is 2.75 bits per heavy atom. The van der Waals surface area contributed by atoms with Gasteiger partial charge in [-0.25, -0.2) is 4.39 Å². The Labute approximate surface area is 104 Å². The van der Waals surface area contributed by atoms with E-state index < -0.39 is 5.82 Å². The molecule has 0 bridgehead atoms. The quantitative estimate of drug-likeness (QED) is 0.723. The fourth-order valence-electron chi connectivity index (χ4n) is 1.74. The molecule has 3 heteroatoms. The standard InChI is InChI=1S/C13H16BrFO/c1-3-4-9(2)7-13(16)11-6-5-10(14)8-12(11)15/h5-6,8-9H,3-4,7H2,1-2H3. The van der Waals surface area contributed by atoms with Crippen molar-refractivity contribution in [1.29, 1.82) is 0 Å². The minimum absolute atomic E-state index is 0.106. The van der Waals surface area contributed by atoms with Gasteiger partial charge in [0, 0.05) is 10.9 Å². The van der Waals surface area contributed by atoms with Crippen LogP contribution in [-0.4, -0.2) is 5.78 Å². The van der Waals surface area contributed by atoms with E-state index in [1.165, 1.54) is 6.07 Å². The lowest BCUT2D eigenvalue weighted by molar-refractivity contribution is 0.0958. The van der Waals surface area contributed by atoms with E-state index in [-0.39, 0.29) is 11.3 Å². The van der Waals surface area contributed by atoms with Crippen LogP contribution in [-0.2, 0) is 0 Å². The smallest absolute Gasteiger partial charge is 0.166 e. The molecule has 0 fully saturated rings. The summed E-state index contributed by atoms with van der Waals surface area (Å²) in [5.74, 6) is -0.227. The number of ketones is 1. The van der Waals surface area contributed by atoms with Crippen LogP contribution in [0, 0.1) is 11.7 Å². The molecule has 1 aromatic carbocycles. The van der Waals surface area contributed by atoms with Gasteiger partial charge in [0.1, 0.15) is 5.82 Å². The van der Waals surface area contributed by atoms with Crippen LogP contribution in [0.4, 0.5) is 4.39 Å². The zero-order valence-corrected chi connectivity index (χ0v) is 11.2. The van der Waals surface area contributed by atoms with Crippen LogP contribution in [0.2, 0.25) is 0 Å². The molecule has 0 saturated heterocycles. The van der Waals surface area contributed by atoms with Gasteiger partial charge >= 0.3 is 0 Å². The maximum atomic E-state index is 13.5. The van der Waals surface area contributed by atoms with Crippen LogP contribution in [0.15, 0.2) is 22.7 Å². The molecule has 0 aliphatic rings. The van der Waals surface area contributed by atoms with Gasteiger partial charge in [-0.3, -0.25) is 4.79 Å². The van der Waals surface area contributed by atoms with Crippen molar-refractivity contribution in [2.24, 2.45) is 5.92 Å². The van der Waals surface area contributed by atoms with Crippen molar-refractivity contribution >= 4 is 21.7 Å². The fourth-order valence-corrected chi connectivity index (χ4v) is 2.07. The number of halogens is 2. The van der Waals surface area contributed by atoms with Crippen molar-refractivity contribution in [3.8, 4) is 0 Å². The third-order valence-corrected chi connectivity index (χ3v) is 3.04. The number of carbonyl (C=O) groups excluding carboxylic acids is 1. The zero-order valence-electron chi connectivity index (χ0n) is 9.59. The van der Waals surface area contributed by atoms with Crippen LogP contribution in [0.25, 0.3) is 0 Å². The topological polar surface area (TPSA) is 17.1 Å². The highest BCUT2D eigenvalue weighted by Crippen LogP contribution is 2.19. The van der Waals surface area contributed by atoms with E-state index in [0.29, 0.717) is 16.8 Å². The molecule has 1 rings (SSSR count). The Balaban J connectivity index is 2.73. The molecule has 0 saturated carbocycles. The van der Waals surface area contributed by atoms with Gasteiger partial charge in [0.05, 0.1) is 5.56 Å². The Hall–Kier alpha value is -0.700. The highest BCUT2D eigenvalue weighted by Gasteiger charge is 2.14. The SMILES string of the molecule is CCCC(C)CC(=O)c1ccc(Br)cc1F. The van der Waals surface area contributed by atoms with E-state index in [4.69, 9.17) is 0 Å². The minimum Gasteiger partial charge on any atom is -0.294 e. The molecule has 0 spiro atoms. The number of hydrogen-bond acceptors (Lipinski definition) is 1. The molecule has 16 heavy (non-hydrogen) atoms. The Bertz CT molecular complexity index is 376. The van der Waals surface area contributed by atoms with E-state index in [1.807, 2.05) is 6.92 Å². The van der Waals surface area contributed by atoms with Crippen molar-refractivity contribution in [2.75, 3.05) is 0 Å². The van der Waals surface area contributed by atoms with E-state index in [9.17, 15) is 9.18 Å². The second-order valence-corrected chi connectivity index (χ2v) is 5.06. The summed E-state index contributed by atoms with van der Waals surface area (Å²) in [5, 5.41) is 0. The predicted molar refractivity (Wildman–Crippen MR) is 67.1 cm³/mol. The molecule has 0 aliphatic carbocycles. The van der Waals surface area contributed by atoms with Gasteiger partial charge in [-0.2, -0.15) is 0 Å². The van der Waals surface area contributed by atoms with Crippen molar-refractivity contribution in [3.05, 3.63) is 34.1 Å². The lowest BCUT2D eigenvalue weighted by Crippen LogP contribution is -2.07. The predicted octanol–water partition coefficient (Wildman–Crippen LogP) is 4.60. The monoisotopic (exact) mass is 286 g/mol. The number of Topliss-reactive ketones (excluding diaryl/α,β-unsaturated/α-hetero) is 1. The molecule has 0 N–H and O–H groups in total. The molecule has 0 radical (unpaired) electrons. The summed E-state index contributed by atoms with van der Waals surface area (Å²) in [6.45, 7) is 4.11. The summed E-state index contributed by atoms with van der Waals surface area (Å²) in [6, 6.07) is 4.57. The van der Waals surface area contributed by atoms with Crippen molar-refractivity contribution in [1.82, 2.24) is 0 Å². The van der Waals surface area contributed by atoms with Crippen molar-refractivity contribution in [3.63, 3.8) is 0 Å². The molecule has 1 unspecified atom stereocenters. The number of rotatable bonds is 5. The number of benzene rings is 1. The molecular formula is C13H16BrFO. The average molecular weight is 287 g/mol. The highest BCUT2D eigenvalue weighted by molar-refractivity contribution is 9.10. The second kappa shape index (κ2) is 6.14. The van der Waals surface area contributed by atoms with Crippen LogP contribution < -0.4 is 0 Å². The third-order valence-electron chi connectivity index (χ3n) is 2.55. The van der Waals surface area contributed by atoms with Gasteiger partial charge < -0.3 is 0 Å². The average Bonchev–Trinajstić information content (AvgIpc) is 2.17. The van der Waals surface area contributed by atoms with Gasteiger partial charge in [-0.05, 0) is 24.1 Å². The van der Waals surface area contributed by atoms with E-state index in [0.717, 1.165) is 12.8 Å². The first kappa shape index (κ1) is 13.4. The molecule has 0 aromatic heterocycles. The first-order valence-electron chi connectivity index (χ1n) is 5.52. The molecule has 88 valence electrons. The summed E-state index contributed by atoms with van der Waals surface area (Å²) in [5.41, 5.74) is 0.200. The normalized spacial score (nSPS) is 12.5. The van der Waals surface area contributed by atoms with Crippen LogP contribution >= 0.6 is 15.9 Å². The van der Waals surface area contributed by atoms with Crippen LogP contribution in [0.5, 0.6) is 0 Å². The number of hydrogen-bond donors (Lipinski definition) is 0. The summed E-state index contributed by atoms with van der Waals surface area (Å²) >= 11 is 3.17. The maximum Gasteiger partial charge on any atom is 0.166 e. The Morgan fingerprint density at radius 1 is 1.50 bits per heavy atom. The van der Waals surface area contributed by atoms with Crippen molar-refractivity contribution < 1.29 is 9.18 Å². The van der Waals surface area contributed by atoms with Crippen LogP contribution in [0.3, 0.4) is 0 Å². The summed E-state index contributed by atoms with van der Waals surface area (Å²) < 4.78 is 14.1. The molecule has 1 aromatic rings. The van der Waals surface area contributed by atoms with E-state index in [2.05, 4.69) is 22.9 Å². The van der Waals surface area contributed by atoms with E-state index >= 15 is 0 Å². The molecule has 0 heterocycles. The largest absolute Gasteiger partial charge is 0.294 e. The molecule has 1 nitrogen and oxygen atoms in total. The lowest BCUT2D eigenvalue weighted by atomic mass is 9.96. The molecule has 1 atom stereocenters. The maximum absolute atomic E-state index is 13.5. The first-order valence-corrected chi connectivity index (χ1v) is 6.32. The van der Waals surface area contributed by atoms with Gasteiger partial charge in [-0.15, -0.1) is 0 Å². The lowest BCUT2D eigenvalue weighted by Gasteiger charge is -2.09. The third kappa shape index (κ3) is 3.71. The summed E-state index contributed by atoms with van der Waals surface area (Å²) in [4.78, 5) is 11.8. The fraction of sp³-hybridized carbons (Fsp3) is 0.462. The van der Waals surface area contributed by atoms with Crippen LogP contribution in [0.1, 0.15) is 43.5 Å². The minimum atomic E-state index is -0.442. The van der Waals surface area contributed by atoms with E-state index in [1.54, 1.807) is 12.1 Å². The zero-order chi connectivity index (χ0) is 12.1. The van der Waals surface area contributed by atoms with Gasteiger partial charge in [0.2, 0.25) is 0 Å². The highest BCUT2D eigenvalue weighted by atomic mass is 79.9. The van der Waals surface area contributed by atoms with Gasteiger partial charge in [0.15, 0.2) is 5.78 Å². The molecule has 0 amide bonds. The Morgan fingerprint density at radius 2 is 2.19 bits per heavy atom. The first-order chi connectivity index (χ1) is 7.54. The summed E-state index contributed by atoms with van der Waals surface area (Å²) in [6.07, 6.45) is 2.48. The summed E-state index contributed by atoms with van der Waals surface area (Å²) in [7, 11) is 0. The van der Waals surface area contributed by atoms with Gasteiger partial charge in [-0.1, -0.05) is 42.6 Å². The molecular weight excluding hydrogens is 271 g/mol. The van der Waals surface area contributed by atoms with Gasteiger partial charge in [0.25, 0.3) is 0 Å².